The Labute approximate surface area is 223 Å². The smallest absolute Gasteiger partial charge is 0.312 e. The summed E-state index contributed by atoms with van der Waals surface area (Å²) in [6, 6.07) is 0.702. The number of hydrogen-bond acceptors (Lipinski definition) is 5. The van der Waals surface area contributed by atoms with Crippen molar-refractivity contribution in [1.29, 1.82) is 0 Å². The lowest BCUT2D eigenvalue weighted by atomic mass is 9.46. The van der Waals surface area contributed by atoms with Crippen LogP contribution in [0.1, 0.15) is 104 Å². The van der Waals surface area contributed by atoms with Crippen molar-refractivity contribution in [3.8, 4) is 0 Å². The lowest BCUT2D eigenvalue weighted by Gasteiger charge is -2.58. The summed E-state index contributed by atoms with van der Waals surface area (Å²) >= 11 is 0. The van der Waals surface area contributed by atoms with E-state index < -0.39 is 0 Å². The molecule has 6 heteroatoms. The Bertz CT molecular complexity index is 980. The lowest BCUT2D eigenvalue weighted by Crippen LogP contribution is -2.51. The first-order valence-corrected chi connectivity index (χ1v) is 15.3. The first kappa shape index (κ1) is 25.6. The summed E-state index contributed by atoms with van der Waals surface area (Å²) in [5.41, 5.74) is 2.89. The predicted octanol–water partition coefficient (Wildman–Crippen LogP) is 6.25. The fourth-order valence-corrected chi connectivity index (χ4v) is 9.69. The largest absolute Gasteiger partial charge is 0.436 e. The van der Waals surface area contributed by atoms with E-state index in [4.69, 9.17) is 4.84 Å². The lowest BCUT2D eigenvalue weighted by molar-refractivity contribution is -0.117. The van der Waals surface area contributed by atoms with Gasteiger partial charge in [-0.3, -0.25) is 9.63 Å². The molecular weight excluding hydrogens is 462 g/mol. The standard InChI is InChI=1S/C31H47N3O3/c1-20(33-37-29(36)34(23-7-4-8-23)19-22-6-5-17-32-22)26-11-12-27-25-10-9-21-18-24(35)13-15-30(21,2)28(25)14-16-31(26,27)3/h18,22-23,25-28,32H,4-17,19H2,1-3H3/b33-20+/t22?,25-,26+,27-,28-,30-,31+/m0/s1. The maximum absolute atomic E-state index is 13.2. The molecule has 1 N–H and O–H groups in total. The van der Waals surface area contributed by atoms with Crippen LogP contribution in [0.25, 0.3) is 0 Å². The zero-order chi connectivity index (χ0) is 25.8. The fraction of sp³-hybridized carbons (Fsp3) is 0.839. The Morgan fingerprint density at radius 3 is 2.62 bits per heavy atom. The SMILES string of the molecule is C/C(=N\OC(=O)N(CC1CCCN1)C1CCC1)[C@H]1CC[C@H]2[C@@H]3CCC4=CC(=O)CC[C@]4(C)[C@H]3CC[C@]12C. The number of carbonyl (C=O) groups excluding carboxylic acids is 2. The van der Waals surface area contributed by atoms with Crippen LogP contribution in [0.2, 0.25) is 0 Å². The fourth-order valence-electron chi connectivity index (χ4n) is 9.69. The molecule has 6 aliphatic rings. The van der Waals surface area contributed by atoms with Crippen LogP contribution in [0.15, 0.2) is 16.8 Å². The molecule has 1 aliphatic heterocycles. The normalized spacial score (nSPS) is 41.8. The van der Waals surface area contributed by atoms with Gasteiger partial charge in [-0.1, -0.05) is 24.6 Å². The van der Waals surface area contributed by atoms with Crippen LogP contribution in [-0.4, -0.2) is 47.7 Å². The minimum Gasteiger partial charge on any atom is -0.312 e. The first-order chi connectivity index (χ1) is 17.8. The van der Waals surface area contributed by atoms with Crippen molar-refractivity contribution in [2.75, 3.05) is 13.1 Å². The van der Waals surface area contributed by atoms with E-state index >= 15 is 0 Å². The molecule has 0 spiro atoms. The summed E-state index contributed by atoms with van der Waals surface area (Å²) in [7, 11) is 0. The molecular formula is C31H47N3O3. The number of amides is 1. The number of allylic oxidation sites excluding steroid dienone is 1. The summed E-state index contributed by atoms with van der Waals surface area (Å²) in [5, 5.41) is 8.06. The number of rotatable bonds is 5. The van der Waals surface area contributed by atoms with E-state index in [-0.39, 0.29) is 16.9 Å². The molecule has 4 saturated carbocycles. The van der Waals surface area contributed by atoms with Crippen LogP contribution in [0.5, 0.6) is 0 Å². The van der Waals surface area contributed by atoms with Gasteiger partial charge in [0.05, 0.1) is 5.71 Å². The number of nitrogens with zero attached hydrogens (tertiary/aromatic N) is 2. The monoisotopic (exact) mass is 509 g/mol. The number of carbonyl (C=O) groups is 2. The Hall–Kier alpha value is -1.69. The first-order valence-electron chi connectivity index (χ1n) is 15.3. The Morgan fingerprint density at radius 1 is 1.05 bits per heavy atom. The highest BCUT2D eigenvalue weighted by atomic mass is 16.7. The van der Waals surface area contributed by atoms with Crippen molar-refractivity contribution < 1.29 is 14.4 Å². The third kappa shape index (κ3) is 4.39. The summed E-state index contributed by atoms with van der Waals surface area (Å²) in [6.07, 6.45) is 16.4. The second-order valence-corrected chi connectivity index (χ2v) is 13.8. The van der Waals surface area contributed by atoms with Gasteiger partial charge in [-0.15, -0.1) is 0 Å². The van der Waals surface area contributed by atoms with E-state index in [0.29, 0.717) is 35.6 Å². The average molecular weight is 510 g/mol. The van der Waals surface area contributed by atoms with Crippen LogP contribution < -0.4 is 5.32 Å². The van der Waals surface area contributed by atoms with Crippen molar-refractivity contribution in [1.82, 2.24) is 10.2 Å². The van der Waals surface area contributed by atoms with Crippen molar-refractivity contribution in [3.63, 3.8) is 0 Å². The molecule has 0 radical (unpaired) electrons. The molecule has 1 heterocycles. The quantitative estimate of drug-likeness (QED) is 0.270. The van der Waals surface area contributed by atoms with Crippen LogP contribution in [0, 0.1) is 34.5 Å². The molecule has 204 valence electrons. The van der Waals surface area contributed by atoms with Gasteiger partial charge in [0.15, 0.2) is 5.78 Å². The van der Waals surface area contributed by atoms with Gasteiger partial charge in [-0.05, 0) is 125 Å². The van der Waals surface area contributed by atoms with Gasteiger partial charge < -0.3 is 10.2 Å². The zero-order valence-corrected chi connectivity index (χ0v) is 23.3. The predicted molar refractivity (Wildman–Crippen MR) is 145 cm³/mol. The highest BCUT2D eigenvalue weighted by molar-refractivity contribution is 5.91. The van der Waals surface area contributed by atoms with E-state index in [1.165, 1.54) is 44.1 Å². The van der Waals surface area contributed by atoms with Gasteiger partial charge in [0, 0.05) is 31.0 Å². The zero-order valence-electron chi connectivity index (χ0n) is 23.3. The van der Waals surface area contributed by atoms with Gasteiger partial charge in [0.1, 0.15) is 0 Å². The minimum atomic E-state index is -0.257. The van der Waals surface area contributed by atoms with Crippen LogP contribution in [0.3, 0.4) is 0 Å². The third-order valence-corrected chi connectivity index (χ3v) is 12.1. The maximum atomic E-state index is 13.2. The number of hydrogen-bond donors (Lipinski definition) is 1. The maximum Gasteiger partial charge on any atom is 0.436 e. The van der Waals surface area contributed by atoms with Crippen molar-refractivity contribution in [2.24, 2.45) is 39.7 Å². The number of ketones is 1. The van der Waals surface area contributed by atoms with E-state index in [2.05, 4.69) is 31.2 Å². The molecule has 1 amide bonds. The van der Waals surface area contributed by atoms with Gasteiger partial charge in [-0.2, -0.15) is 0 Å². The Kier molecular flexibility index (Phi) is 6.78. The summed E-state index contributed by atoms with van der Waals surface area (Å²) in [4.78, 5) is 32.9. The average Bonchev–Trinajstić information content (AvgIpc) is 3.48. The Morgan fingerprint density at radius 2 is 1.89 bits per heavy atom. The molecule has 0 bridgehead atoms. The molecule has 6 rings (SSSR count). The van der Waals surface area contributed by atoms with E-state index in [1.54, 1.807) is 0 Å². The molecule has 1 saturated heterocycles. The van der Waals surface area contributed by atoms with Gasteiger partial charge in [-0.25, -0.2) is 4.79 Å². The number of oxime groups is 1. The topological polar surface area (TPSA) is 71.0 Å². The highest BCUT2D eigenvalue weighted by Gasteiger charge is 2.59. The summed E-state index contributed by atoms with van der Waals surface area (Å²) < 4.78 is 0. The second-order valence-electron chi connectivity index (χ2n) is 13.8. The van der Waals surface area contributed by atoms with Crippen molar-refractivity contribution in [2.45, 2.75) is 116 Å². The number of nitrogens with one attached hydrogen (secondary N) is 1. The molecule has 0 aromatic carbocycles. The highest BCUT2D eigenvalue weighted by Crippen LogP contribution is 2.66. The molecule has 7 atom stereocenters. The molecule has 1 unspecified atom stereocenters. The van der Waals surface area contributed by atoms with Crippen molar-refractivity contribution in [3.05, 3.63) is 11.6 Å². The molecule has 5 fully saturated rings. The molecule has 6 nitrogen and oxygen atoms in total. The molecule has 37 heavy (non-hydrogen) atoms. The molecule has 5 aliphatic carbocycles. The van der Waals surface area contributed by atoms with E-state index in [0.717, 1.165) is 69.7 Å². The second kappa shape index (κ2) is 9.81. The van der Waals surface area contributed by atoms with Gasteiger partial charge >= 0.3 is 6.09 Å². The molecule has 0 aromatic heterocycles. The van der Waals surface area contributed by atoms with Crippen LogP contribution in [0.4, 0.5) is 4.79 Å². The Balaban J connectivity index is 1.14. The van der Waals surface area contributed by atoms with Crippen LogP contribution >= 0.6 is 0 Å². The summed E-state index contributed by atoms with van der Waals surface area (Å²) in [5.74, 6) is 2.87. The van der Waals surface area contributed by atoms with E-state index in [1.807, 2.05) is 11.0 Å². The van der Waals surface area contributed by atoms with Gasteiger partial charge in [0.25, 0.3) is 0 Å². The minimum absolute atomic E-state index is 0.216. The van der Waals surface area contributed by atoms with Crippen LogP contribution in [-0.2, 0) is 9.63 Å². The third-order valence-electron chi connectivity index (χ3n) is 12.1. The molecule has 0 aromatic rings. The van der Waals surface area contributed by atoms with Gasteiger partial charge in [0.2, 0.25) is 0 Å². The number of fused-ring (bicyclic) bond motifs is 5. The summed E-state index contributed by atoms with van der Waals surface area (Å²) in [6.45, 7) is 8.84. The van der Waals surface area contributed by atoms with Crippen molar-refractivity contribution >= 4 is 17.6 Å². The van der Waals surface area contributed by atoms with E-state index in [9.17, 15) is 9.59 Å².